The van der Waals surface area contributed by atoms with Gasteiger partial charge in [0, 0.05) is 5.56 Å². The number of hydrogen-bond donors (Lipinski definition) is 0. The number of nitrogens with zero attached hydrogens (tertiary/aromatic N) is 2. The van der Waals surface area contributed by atoms with Crippen molar-refractivity contribution in [3.8, 4) is 17.2 Å². The standard InChI is InChI=1S/C17H14N2O2/c1-20-15-8-4-5-9-16(15)21-17-12-6-2-3-7-13(12)19-11-18-10-14(17)19/h2-11,17H,1H3. The molecular weight excluding hydrogens is 264 g/mol. The molecular formula is C17H14N2O2. The fourth-order valence-corrected chi connectivity index (χ4v) is 2.76. The lowest BCUT2D eigenvalue weighted by Gasteiger charge is -2.16. The van der Waals surface area contributed by atoms with Crippen molar-refractivity contribution in [1.29, 1.82) is 0 Å². The summed E-state index contributed by atoms with van der Waals surface area (Å²) in [7, 11) is 1.65. The van der Waals surface area contributed by atoms with Gasteiger partial charge in [0.25, 0.3) is 0 Å². The Labute approximate surface area is 122 Å². The average Bonchev–Trinajstić information content (AvgIpc) is 3.11. The Morgan fingerprint density at radius 3 is 2.62 bits per heavy atom. The molecule has 2 heterocycles. The third-order valence-electron chi connectivity index (χ3n) is 3.73. The summed E-state index contributed by atoms with van der Waals surface area (Å²) in [6.07, 6.45) is 3.50. The van der Waals surface area contributed by atoms with E-state index in [1.807, 2.05) is 48.9 Å². The zero-order valence-electron chi connectivity index (χ0n) is 11.6. The highest BCUT2D eigenvalue weighted by atomic mass is 16.5. The van der Waals surface area contributed by atoms with Crippen LogP contribution in [0.3, 0.4) is 0 Å². The molecule has 4 rings (SSSR count). The summed E-state index contributed by atoms with van der Waals surface area (Å²) in [6, 6.07) is 15.9. The molecule has 0 N–H and O–H groups in total. The monoisotopic (exact) mass is 278 g/mol. The minimum Gasteiger partial charge on any atom is -0.493 e. The van der Waals surface area contributed by atoms with Gasteiger partial charge < -0.3 is 9.47 Å². The summed E-state index contributed by atoms with van der Waals surface area (Å²) in [5, 5.41) is 0. The van der Waals surface area contributed by atoms with Crippen LogP contribution in [0.4, 0.5) is 0 Å². The van der Waals surface area contributed by atoms with Gasteiger partial charge in [-0.15, -0.1) is 0 Å². The number of para-hydroxylation sites is 3. The van der Waals surface area contributed by atoms with E-state index in [1.165, 1.54) is 0 Å². The number of ether oxygens (including phenoxy) is 2. The van der Waals surface area contributed by atoms with Crippen molar-refractivity contribution in [3.05, 3.63) is 72.3 Å². The van der Waals surface area contributed by atoms with Crippen LogP contribution in [0, 0.1) is 0 Å². The van der Waals surface area contributed by atoms with Crippen molar-refractivity contribution in [2.45, 2.75) is 6.10 Å². The summed E-state index contributed by atoms with van der Waals surface area (Å²) in [5.41, 5.74) is 3.29. The molecule has 0 fully saturated rings. The quantitative estimate of drug-likeness (QED) is 0.737. The van der Waals surface area contributed by atoms with Crippen LogP contribution in [-0.2, 0) is 0 Å². The van der Waals surface area contributed by atoms with E-state index >= 15 is 0 Å². The fourth-order valence-electron chi connectivity index (χ4n) is 2.76. The van der Waals surface area contributed by atoms with Gasteiger partial charge in [0.2, 0.25) is 0 Å². The molecule has 0 saturated heterocycles. The van der Waals surface area contributed by atoms with Gasteiger partial charge in [0.1, 0.15) is 0 Å². The predicted octanol–water partition coefficient (Wildman–Crippen LogP) is 3.36. The maximum Gasteiger partial charge on any atom is 0.168 e. The van der Waals surface area contributed by atoms with Crippen molar-refractivity contribution >= 4 is 0 Å². The number of aromatic nitrogens is 2. The van der Waals surface area contributed by atoms with Gasteiger partial charge in [-0.1, -0.05) is 30.3 Å². The van der Waals surface area contributed by atoms with Crippen molar-refractivity contribution in [2.24, 2.45) is 0 Å². The Hall–Kier alpha value is -2.75. The second kappa shape index (κ2) is 4.66. The van der Waals surface area contributed by atoms with Crippen LogP contribution in [0.1, 0.15) is 17.4 Å². The highest BCUT2D eigenvalue weighted by Gasteiger charge is 2.31. The fraction of sp³-hybridized carbons (Fsp3) is 0.118. The first kappa shape index (κ1) is 12.0. The van der Waals surface area contributed by atoms with Crippen LogP contribution >= 0.6 is 0 Å². The summed E-state index contributed by atoms with van der Waals surface area (Å²) in [4.78, 5) is 4.23. The van der Waals surface area contributed by atoms with Crippen molar-refractivity contribution in [2.75, 3.05) is 7.11 Å². The van der Waals surface area contributed by atoms with Gasteiger partial charge in [0.05, 0.1) is 31.0 Å². The number of fused-ring (bicyclic) bond motifs is 3. The zero-order chi connectivity index (χ0) is 14.2. The van der Waals surface area contributed by atoms with E-state index in [4.69, 9.17) is 9.47 Å². The molecule has 4 nitrogen and oxygen atoms in total. The molecule has 1 atom stereocenters. The molecule has 0 saturated carbocycles. The average molecular weight is 278 g/mol. The van der Waals surface area contributed by atoms with Crippen molar-refractivity contribution in [1.82, 2.24) is 9.55 Å². The Balaban J connectivity index is 1.79. The van der Waals surface area contributed by atoms with Crippen LogP contribution in [-0.4, -0.2) is 16.7 Å². The second-order valence-electron chi connectivity index (χ2n) is 4.90. The van der Waals surface area contributed by atoms with Crippen molar-refractivity contribution < 1.29 is 9.47 Å². The number of rotatable bonds is 3. The smallest absolute Gasteiger partial charge is 0.168 e. The zero-order valence-corrected chi connectivity index (χ0v) is 11.6. The molecule has 3 aromatic rings. The molecule has 2 aromatic carbocycles. The SMILES string of the molecule is COc1ccccc1OC1c2ccccc2-n2cncc21. The number of benzene rings is 2. The first-order chi connectivity index (χ1) is 10.4. The van der Waals surface area contributed by atoms with Crippen LogP contribution in [0.15, 0.2) is 61.1 Å². The molecule has 0 spiro atoms. The highest BCUT2D eigenvalue weighted by molar-refractivity contribution is 5.53. The molecule has 0 amide bonds. The van der Waals surface area contributed by atoms with Gasteiger partial charge in [-0.2, -0.15) is 0 Å². The number of imidazole rings is 1. The van der Waals surface area contributed by atoms with Gasteiger partial charge in [0.15, 0.2) is 17.6 Å². The molecule has 0 radical (unpaired) electrons. The van der Waals surface area contributed by atoms with E-state index in [-0.39, 0.29) is 6.10 Å². The molecule has 104 valence electrons. The van der Waals surface area contributed by atoms with E-state index in [9.17, 15) is 0 Å². The van der Waals surface area contributed by atoms with Crippen LogP contribution in [0.5, 0.6) is 11.5 Å². The Morgan fingerprint density at radius 2 is 1.76 bits per heavy atom. The molecule has 0 aliphatic carbocycles. The van der Waals surface area contributed by atoms with Crippen LogP contribution < -0.4 is 9.47 Å². The summed E-state index contributed by atoms with van der Waals surface area (Å²) in [5.74, 6) is 1.46. The molecule has 1 unspecified atom stereocenters. The van der Waals surface area contributed by atoms with E-state index in [1.54, 1.807) is 7.11 Å². The first-order valence-corrected chi connectivity index (χ1v) is 6.79. The normalized spacial score (nSPS) is 15.4. The van der Waals surface area contributed by atoms with Gasteiger partial charge in [-0.3, -0.25) is 4.57 Å². The maximum atomic E-state index is 6.22. The van der Waals surface area contributed by atoms with Gasteiger partial charge in [-0.05, 0) is 18.2 Å². The summed E-state index contributed by atoms with van der Waals surface area (Å²) in [6.45, 7) is 0. The highest BCUT2D eigenvalue weighted by Crippen LogP contribution is 2.40. The lowest BCUT2D eigenvalue weighted by atomic mass is 10.1. The Kier molecular flexibility index (Phi) is 2.67. The third kappa shape index (κ3) is 1.80. The topological polar surface area (TPSA) is 36.3 Å². The van der Waals surface area contributed by atoms with E-state index in [0.717, 1.165) is 28.4 Å². The van der Waals surface area contributed by atoms with Crippen LogP contribution in [0.25, 0.3) is 5.69 Å². The molecule has 21 heavy (non-hydrogen) atoms. The lowest BCUT2D eigenvalue weighted by molar-refractivity contribution is 0.235. The van der Waals surface area contributed by atoms with E-state index < -0.39 is 0 Å². The second-order valence-corrected chi connectivity index (χ2v) is 4.90. The lowest BCUT2D eigenvalue weighted by Crippen LogP contribution is -2.07. The van der Waals surface area contributed by atoms with Crippen molar-refractivity contribution in [3.63, 3.8) is 0 Å². The summed E-state index contributed by atoms with van der Waals surface area (Å²) < 4.78 is 13.7. The summed E-state index contributed by atoms with van der Waals surface area (Å²) >= 11 is 0. The van der Waals surface area contributed by atoms with Crippen LogP contribution in [0.2, 0.25) is 0 Å². The third-order valence-corrected chi connectivity index (χ3v) is 3.73. The number of hydrogen-bond acceptors (Lipinski definition) is 3. The largest absolute Gasteiger partial charge is 0.493 e. The van der Waals surface area contributed by atoms with Gasteiger partial charge >= 0.3 is 0 Å². The molecule has 0 bridgehead atoms. The molecule has 4 heteroatoms. The minimum absolute atomic E-state index is 0.167. The van der Waals surface area contributed by atoms with E-state index in [0.29, 0.717) is 0 Å². The molecule has 1 aliphatic rings. The molecule has 1 aromatic heterocycles. The van der Waals surface area contributed by atoms with E-state index in [2.05, 4.69) is 21.7 Å². The van der Waals surface area contributed by atoms with Gasteiger partial charge in [-0.25, -0.2) is 4.98 Å². The number of methoxy groups -OCH3 is 1. The minimum atomic E-state index is -0.167. The molecule has 1 aliphatic heterocycles. The Morgan fingerprint density at radius 1 is 1.00 bits per heavy atom. The maximum absolute atomic E-state index is 6.22. The first-order valence-electron chi connectivity index (χ1n) is 6.79. The Bertz CT molecular complexity index is 795. The predicted molar refractivity (Wildman–Crippen MR) is 79.0 cm³/mol.